The van der Waals surface area contributed by atoms with E-state index >= 15 is 0 Å². The van der Waals surface area contributed by atoms with Crippen molar-refractivity contribution in [3.8, 4) is 11.5 Å². The van der Waals surface area contributed by atoms with Crippen LogP contribution in [0.25, 0.3) is 11.5 Å². The Morgan fingerprint density at radius 2 is 2.00 bits per heavy atom. The van der Waals surface area contributed by atoms with Gasteiger partial charge in [0.05, 0.1) is 24.3 Å². The van der Waals surface area contributed by atoms with Gasteiger partial charge in [0.15, 0.2) is 5.82 Å². The zero-order chi connectivity index (χ0) is 16.4. The van der Waals surface area contributed by atoms with E-state index in [4.69, 9.17) is 4.74 Å². The number of halogens is 5. The third-order valence-electron chi connectivity index (χ3n) is 4.23. The van der Waals surface area contributed by atoms with Crippen molar-refractivity contribution in [2.24, 2.45) is 5.41 Å². The molecule has 4 heterocycles. The van der Waals surface area contributed by atoms with Crippen LogP contribution < -0.4 is 0 Å². The normalized spacial score (nSPS) is 19.4. The van der Waals surface area contributed by atoms with E-state index in [-0.39, 0.29) is 12.4 Å². The van der Waals surface area contributed by atoms with Crippen molar-refractivity contribution in [1.29, 1.82) is 0 Å². The molecule has 0 N–H and O–H groups in total. The molecule has 0 unspecified atom stereocenters. The monoisotopic (exact) mass is 394 g/mol. The molecule has 0 radical (unpaired) electrons. The molecule has 0 aromatic carbocycles. The Balaban J connectivity index is 1.91. The summed E-state index contributed by atoms with van der Waals surface area (Å²) >= 11 is 3.34. The van der Waals surface area contributed by atoms with Crippen LogP contribution in [-0.2, 0) is 23.7 Å². The first-order valence-electron chi connectivity index (χ1n) is 6.86. The van der Waals surface area contributed by atoms with E-state index in [1.165, 1.54) is 0 Å². The first kappa shape index (κ1) is 15.1. The summed E-state index contributed by atoms with van der Waals surface area (Å²) in [4.78, 5) is 0. The third kappa shape index (κ3) is 2.14. The lowest BCUT2D eigenvalue weighted by molar-refractivity contribution is -0.150. The Bertz CT molecular complexity index is 768. The van der Waals surface area contributed by atoms with Gasteiger partial charge in [0, 0.05) is 23.8 Å². The van der Waals surface area contributed by atoms with E-state index in [2.05, 4.69) is 26.1 Å². The van der Waals surface area contributed by atoms with Crippen LogP contribution in [0, 0.1) is 5.41 Å². The number of hydrogen-bond acceptors (Lipinski definition) is 3. The van der Waals surface area contributed by atoms with E-state index in [9.17, 15) is 17.6 Å². The van der Waals surface area contributed by atoms with Crippen LogP contribution in [0.2, 0.25) is 0 Å². The maximum atomic E-state index is 13.9. The van der Waals surface area contributed by atoms with Crippen LogP contribution in [0.5, 0.6) is 0 Å². The average molecular weight is 395 g/mol. The summed E-state index contributed by atoms with van der Waals surface area (Å²) in [5.41, 5.74) is 0.137. The zero-order valence-corrected chi connectivity index (χ0v) is 13.2. The van der Waals surface area contributed by atoms with E-state index in [1.54, 1.807) is 6.07 Å². The van der Waals surface area contributed by atoms with E-state index < -0.39 is 23.6 Å². The van der Waals surface area contributed by atoms with Crippen LogP contribution in [0.3, 0.4) is 0 Å². The summed E-state index contributed by atoms with van der Waals surface area (Å²) in [6.45, 7) is 1.41. The molecule has 2 aromatic rings. The highest BCUT2D eigenvalue weighted by Gasteiger charge is 2.51. The first-order valence-corrected chi connectivity index (χ1v) is 7.65. The molecule has 0 bridgehead atoms. The Morgan fingerprint density at radius 1 is 1.26 bits per heavy atom. The van der Waals surface area contributed by atoms with Gasteiger partial charge in [-0.2, -0.15) is 8.78 Å². The summed E-state index contributed by atoms with van der Waals surface area (Å²) in [5, 5.41) is 7.14. The standard InChI is InChI=1S/C13H11BrF4N4O/c14-7-1-8-9-19-20-11(13(17,18)10(15)16)22(9)4-12(5-23-6-12)3-21(8)2-7/h1-2,10H,3-6H2. The molecule has 10 heteroatoms. The van der Waals surface area contributed by atoms with Crippen LogP contribution in [0.1, 0.15) is 5.82 Å². The molecule has 0 amide bonds. The molecule has 0 atom stereocenters. The van der Waals surface area contributed by atoms with Gasteiger partial charge in [-0.1, -0.05) is 0 Å². The minimum Gasteiger partial charge on any atom is -0.380 e. The molecule has 1 fully saturated rings. The van der Waals surface area contributed by atoms with Crippen LogP contribution in [0.15, 0.2) is 16.7 Å². The van der Waals surface area contributed by atoms with Crippen molar-refractivity contribution in [1.82, 2.24) is 19.3 Å². The topological polar surface area (TPSA) is 44.9 Å². The fourth-order valence-corrected chi connectivity index (χ4v) is 3.56. The van der Waals surface area contributed by atoms with Crippen molar-refractivity contribution >= 4 is 15.9 Å². The van der Waals surface area contributed by atoms with Gasteiger partial charge in [-0.25, -0.2) is 8.78 Å². The van der Waals surface area contributed by atoms with Gasteiger partial charge in [0.1, 0.15) is 0 Å². The number of rotatable bonds is 2. The predicted molar refractivity (Wildman–Crippen MR) is 74.3 cm³/mol. The Labute approximate surface area is 136 Å². The lowest BCUT2D eigenvalue weighted by Crippen LogP contribution is -2.48. The second-order valence-corrected chi connectivity index (χ2v) is 6.94. The van der Waals surface area contributed by atoms with Gasteiger partial charge >= 0.3 is 12.3 Å². The minimum atomic E-state index is -4.35. The molecular weight excluding hydrogens is 384 g/mol. The maximum Gasteiger partial charge on any atom is 0.365 e. The molecule has 124 valence electrons. The number of fused-ring (bicyclic) bond motifs is 3. The molecule has 0 aliphatic carbocycles. The smallest absolute Gasteiger partial charge is 0.365 e. The van der Waals surface area contributed by atoms with Gasteiger partial charge in [-0.05, 0) is 22.0 Å². The Kier molecular flexibility index (Phi) is 3.15. The van der Waals surface area contributed by atoms with Crippen LogP contribution >= 0.6 is 15.9 Å². The van der Waals surface area contributed by atoms with Crippen molar-refractivity contribution in [2.75, 3.05) is 13.2 Å². The van der Waals surface area contributed by atoms with E-state index in [0.29, 0.717) is 25.5 Å². The van der Waals surface area contributed by atoms with Crippen molar-refractivity contribution in [2.45, 2.75) is 25.4 Å². The fourth-order valence-electron chi connectivity index (χ4n) is 3.10. The van der Waals surface area contributed by atoms with Gasteiger partial charge in [-0.3, -0.25) is 0 Å². The lowest BCUT2D eigenvalue weighted by atomic mass is 9.85. The summed E-state index contributed by atoms with van der Waals surface area (Å²) < 4.78 is 62.2. The number of aromatic nitrogens is 4. The van der Waals surface area contributed by atoms with Gasteiger partial charge in [-0.15, -0.1) is 10.2 Å². The molecule has 5 nitrogen and oxygen atoms in total. The highest BCUT2D eigenvalue weighted by atomic mass is 79.9. The molecule has 23 heavy (non-hydrogen) atoms. The predicted octanol–water partition coefficient (Wildman–Crippen LogP) is 2.90. The second-order valence-electron chi connectivity index (χ2n) is 6.02. The number of alkyl halides is 4. The first-order chi connectivity index (χ1) is 10.8. The molecule has 1 spiro atoms. The average Bonchev–Trinajstić information content (AvgIpc) is 2.97. The molecule has 4 rings (SSSR count). The number of nitrogens with zero attached hydrogens (tertiary/aromatic N) is 4. The molecule has 1 saturated heterocycles. The fraction of sp³-hybridized carbons (Fsp3) is 0.538. The third-order valence-corrected chi connectivity index (χ3v) is 4.66. The second kappa shape index (κ2) is 4.79. The largest absolute Gasteiger partial charge is 0.380 e. The quantitative estimate of drug-likeness (QED) is 0.735. The van der Waals surface area contributed by atoms with Crippen molar-refractivity contribution < 1.29 is 22.3 Å². The van der Waals surface area contributed by atoms with E-state index in [0.717, 1.165) is 9.04 Å². The van der Waals surface area contributed by atoms with Crippen LogP contribution in [0.4, 0.5) is 17.6 Å². The van der Waals surface area contributed by atoms with E-state index in [1.807, 2.05) is 10.8 Å². The highest BCUT2D eigenvalue weighted by Crippen LogP contribution is 2.42. The summed E-state index contributed by atoms with van der Waals surface area (Å²) in [7, 11) is 0. The highest BCUT2D eigenvalue weighted by molar-refractivity contribution is 9.10. The Morgan fingerprint density at radius 3 is 2.61 bits per heavy atom. The molecule has 2 aromatic heterocycles. The SMILES string of the molecule is FC(F)C(F)(F)c1nnc2n1CC1(COC1)Cn1cc(Br)cc1-2. The summed E-state index contributed by atoms with van der Waals surface area (Å²) in [5.74, 6) is -5.19. The lowest BCUT2D eigenvalue weighted by Gasteiger charge is -2.41. The molecular formula is C13H11BrF4N4O. The van der Waals surface area contributed by atoms with Crippen molar-refractivity contribution in [3.05, 3.63) is 22.6 Å². The Hall–Kier alpha value is -1.42. The maximum absolute atomic E-state index is 13.9. The van der Waals surface area contributed by atoms with Gasteiger partial charge in [0.2, 0.25) is 5.82 Å². The number of hydrogen-bond donors (Lipinski definition) is 0. The summed E-state index contributed by atoms with van der Waals surface area (Å²) in [6.07, 6.45) is -2.03. The summed E-state index contributed by atoms with van der Waals surface area (Å²) in [6, 6.07) is 1.71. The van der Waals surface area contributed by atoms with Gasteiger partial charge in [0.25, 0.3) is 0 Å². The zero-order valence-electron chi connectivity index (χ0n) is 11.6. The molecule has 0 saturated carbocycles. The van der Waals surface area contributed by atoms with Crippen molar-refractivity contribution in [3.63, 3.8) is 0 Å². The molecule has 2 aliphatic heterocycles. The number of ether oxygens (including phenoxy) is 1. The minimum absolute atomic E-state index is 0.117. The molecule has 2 aliphatic rings. The van der Waals surface area contributed by atoms with Crippen LogP contribution in [-0.4, -0.2) is 39.0 Å². The van der Waals surface area contributed by atoms with Gasteiger partial charge < -0.3 is 13.9 Å².